The fourth-order valence-corrected chi connectivity index (χ4v) is 5.64. The molecule has 2 heterocycles. The van der Waals surface area contributed by atoms with E-state index in [0.717, 1.165) is 4.90 Å². The lowest BCUT2D eigenvalue weighted by Gasteiger charge is -2.14. The van der Waals surface area contributed by atoms with E-state index in [4.69, 9.17) is 10.5 Å². The number of fused-ring (bicyclic) bond motifs is 2. The van der Waals surface area contributed by atoms with Gasteiger partial charge in [-0.25, -0.2) is 23.1 Å². The van der Waals surface area contributed by atoms with Crippen LogP contribution in [0.25, 0.3) is 10.9 Å². The highest BCUT2D eigenvalue weighted by Crippen LogP contribution is 2.30. The summed E-state index contributed by atoms with van der Waals surface area (Å²) in [5.41, 5.74) is 6.90. The van der Waals surface area contributed by atoms with E-state index in [9.17, 15) is 27.9 Å². The number of rotatable bonds is 6. The molecule has 4 aromatic rings. The minimum absolute atomic E-state index is 0.0431. The number of carbonyl (C=O) groups is 3. The van der Waals surface area contributed by atoms with E-state index in [0.29, 0.717) is 5.56 Å². The van der Waals surface area contributed by atoms with Gasteiger partial charge in [0.05, 0.1) is 33.0 Å². The van der Waals surface area contributed by atoms with Crippen molar-refractivity contribution in [3.63, 3.8) is 0 Å². The normalized spacial score (nSPS) is 13.1. The highest BCUT2D eigenvalue weighted by atomic mass is 32.2. The fraction of sp³-hybridized carbons (Fsp3) is 0.0769. The van der Waals surface area contributed by atoms with Gasteiger partial charge in [0.25, 0.3) is 11.8 Å². The number of nitrogens with zero attached hydrogens (tertiary/aromatic N) is 2. The molecule has 1 aliphatic heterocycles. The van der Waals surface area contributed by atoms with Gasteiger partial charge in [-0.1, -0.05) is 24.3 Å². The Balaban J connectivity index is 1.39. The molecule has 3 aromatic carbocycles. The van der Waals surface area contributed by atoms with Gasteiger partial charge >= 0.3 is 5.97 Å². The standard InChI is InChI=1S/C26H19N3O7S/c27-20-9-11-22(37(34,35)13-15-4-3-5-16(30)12-15)19-8-10-21(28-23(19)20)26(33)36-14-29-24(31)17-6-1-2-7-18(17)25(29)32/h1-12,30H,13-14,27H2. The van der Waals surface area contributed by atoms with Gasteiger partial charge in [-0.2, -0.15) is 0 Å². The summed E-state index contributed by atoms with van der Waals surface area (Å²) in [5.74, 6) is -2.51. The number of hydrogen-bond donors (Lipinski definition) is 2. The molecule has 37 heavy (non-hydrogen) atoms. The summed E-state index contributed by atoms with van der Waals surface area (Å²) in [5, 5.41) is 9.86. The van der Waals surface area contributed by atoms with Crippen molar-refractivity contribution in [3.05, 3.63) is 95.2 Å². The molecule has 5 rings (SSSR count). The van der Waals surface area contributed by atoms with Gasteiger partial charge in [-0.3, -0.25) is 9.59 Å². The lowest BCUT2D eigenvalue weighted by atomic mass is 10.1. The number of carbonyl (C=O) groups excluding carboxylic acids is 3. The fourth-order valence-electron chi connectivity index (χ4n) is 4.09. The van der Waals surface area contributed by atoms with Crippen LogP contribution in [0.15, 0.2) is 77.7 Å². The van der Waals surface area contributed by atoms with Crippen molar-refractivity contribution in [2.75, 3.05) is 12.5 Å². The Morgan fingerprint density at radius 2 is 1.65 bits per heavy atom. The smallest absolute Gasteiger partial charge is 0.358 e. The van der Waals surface area contributed by atoms with Crippen LogP contribution in [0, 0.1) is 0 Å². The minimum Gasteiger partial charge on any atom is -0.508 e. The second kappa shape index (κ2) is 9.03. The number of anilines is 1. The van der Waals surface area contributed by atoms with Crippen LogP contribution in [0.5, 0.6) is 5.75 Å². The number of phenolic OH excluding ortho intramolecular Hbond substituents is 1. The van der Waals surface area contributed by atoms with Crippen LogP contribution in [-0.2, 0) is 20.3 Å². The number of amides is 2. The van der Waals surface area contributed by atoms with E-state index in [1.807, 2.05) is 0 Å². The first-order valence-corrected chi connectivity index (χ1v) is 12.6. The minimum atomic E-state index is -3.87. The van der Waals surface area contributed by atoms with E-state index >= 15 is 0 Å². The SMILES string of the molecule is Nc1ccc(S(=O)(=O)Cc2cccc(O)c2)c2ccc(C(=O)OCN3C(=O)c4ccccc4C3=O)nc12. The van der Waals surface area contributed by atoms with E-state index in [1.54, 1.807) is 24.3 Å². The molecular weight excluding hydrogens is 498 g/mol. The number of pyridine rings is 1. The average Bonchev–Trinajstić information content (AvgIpc) is 3.11. The molecule has 0 saturated carbocycles. The number of nitrogen functional groups attached to an aromatic ring is 1. The van der Waals surface area contributed by atoms with Crippen molar-refractivity contribution in [1.29, 1.82) is 0 Å². The quantitative estimate of drug-likeness (QED) is 0.223. The topological polar surface area (TPSA) is 157 Å². The third-order valence-corrected chi connectivity index (χ3v) is 7.60. The van der Waals surface area contributed by atoms with Crippen LogP contribution in [0.2, 0.25) is 0 Å². The van der Waals surface area contributed by atoms with Crippen LogP contribution in [0.1, 0.15) is 36.8 Å². The predicted octanol–water partition coefficient (Wildman–Crippen LogP) is 2.91. The number of hydrogen-bond acceptors (Lipinski definition) is 9. The predicted molar refractivity (Wildman–Crippen MR) is 132 cm³/mol. The Kier molecular flexibility index (Phi) is 5.84. The second-order valence-electron chi connectivity index (χ2n) is 8.32. The molecular formula is C26H19N3O7S. The largest absolute Gasteiger partial charge is 0.508 e. The molecule has 0 fully saturated rings. The first-order valence-electron chi connectivity index (χ1n) is 11.0. The summed E-state index contributed by atoms with van der Waals surface area (Å²) in [6, 6.07) is 17.6. The summed E-state index contributed by atoms with van der Waals surface area (Å²) >= 11 is 0. The Morgan fingerprint density at radius 1 is 0.946 bits per heavy atom. The molecule has 2 amide bonds. The molecule has 186 valence electrons. The van der Waals surface area contributed by atoms with Gasteiger partial charge in [0, 0.05) is 5.39 Å². The van der Waals surface area contributed by atoms with Crippen LogP contribution >= 0.6 is 0 Å². The maximum Gasteiger partial charge on any atom is 0.358 e. The number of sulfone groups is 1. The summed E-state index contributed by atoms with van der Waals surface area (Å²) in [4.78, 5) is 42.6. The van der Waals surface area contributed by atoms with Crippen molar-refractivity contribution >= 4 is 44.2 Å². The molecule has 0 aliphatic carbocycles. The number of imide groups is 1. The molecule has 1 aromatic heterocycles. The maximum absolute atomic E-state index is 13.2. The third-order valence-electron chi connectivity index (χ3n) is 5.86. The lowest BCUT2D eigenvalue weighted by Crippen LogP contribution is -2.33. The molecule has 11 heteroatoms. The molecule has 0 bridgehead atoms. The zero-order valence-corrected chi connectivity index (χ0v) is 19.9. The Morgan fingerprint density at radius 3 is 2.32 bits per heavy atom. The molecule has 10 nitrogen and oxygen atoms in total. The van der Waals surface area contributed by atoms with Crippen LogP contribution in [0.3, 0.4) is 0 Å². The number of phenols is 1. The number of esters is 1. The highest BCUT2D eigenvalue weighted by Gasteiger charge is 2.36. The highest BCUT2D eigenvalue weighted by molar-refractivity contribution is 7.90. The first kappa shape index (κ1) is 23.9. The molecule has 0 saturated heterocycles. The van der Waals surface area contributed by atoms with Crippen molar-refractivity contribution in [2.24, 2.45) is 0 Å². The Hall–Kier alpha value is -4.77. The van der Waals surface area contributed by atoms with Crippen LogP contribution in [-0.4, -0.2) is 47.9 Å². The molecule has 0 atom stereocenters. The molecule has 0 spiro atoms. The van der Waals surface area contributed by atoms with Gasteiger partial charge in [0.2, 0.25) is 0 Å². The van der Waals surface area contributed by atoms with Crippen LogP contribution < -0.4 is 5.73 Å². The number of nitrogens with two attached hydrogens (primary N) is 1. The number of benzene rings is 3. The van der Waals surface area contributed by atoms with Gasteiger partial charge in [-0.15, -0.1) is 0 Å². The zero-order valence-electron chi connectivity index (χ0n) is 19.1. The molecule has 0 unspecified atom stereocenters. The third kappa shape index (κ3) is 4.36. The summed E-state index contributed by atoms with van der Waals surface area (Å²) in [6.45, 7) is -0.612. The number of ether oxygens (including phenoxy) is 1. The van der Waals surface area contributed by atoms with E-state index in [2.05, 4.69) is 4.98 Å². The van der Waals surface area contributed by atoms with Crippen molar-refractivity contribution in [1.82, 2.24) is 9.88 Å². The van der Waals surface area contributed by atoms with Crippen molar-refractivity contribution in [2.45, 2.75) is 10.6 Å². The van der Waals surface area contributed by atoms with Gasteiger partial charge in [0.1, 0.15) is 11.4 Å². The Labute approximate surface area is 210 Å². The van der Waals surface area contributed by atoms with Gasteiger partial charge in [-0.05, 0) is 54.1 Å². The van der Waals surface area contributed by atoms with E-state index in [1.165, 1.54) is 48.5 Å². The number of aromatic hydroxyl groups is 1. The lowest BCUT2D eigenvalue weighted by molar-refractivity contribution is 0.0223. The Bertz CT molecular complexity index is 1680. The monoisotopic (exact) mass is 517 g/mol. The van der Waals surface area contributed by atoms with E-state index in [-0.39, 0.29) is 49.8 Å². The summed E-state index contributed by atoms with van der Waals surface area (Å²) in [6.07, 6.45) is 0. The number of aromatic nitrogens is 1. The van der Waals surface area contributed by atoms with E-state index < -0.39 is 34.4 Å². The zero-order chi connectivity index (χ0) is 26.3. The van der Waals surface area contributed by atoms with Crippen molar-refractivity contribution < 1.29 is 32.6 Å². The first-order chi connectivity index (χ1) is 17.7. The van der Waals surface area contributed by atoms with Crippen molar-refractivity contribution in [3.8, 4) is 5.75 Å². The average molecular weight is 518 g/mol. The molecule has 3 N–H and O–H groups in total. The molecule has 1 aliphatic rings. The van der Waals surface area contributed by atoms with Crippen LogP contribution in [0.4, 0.5) is 5.69 Å². The van der Waals surface area contributed by atoms with Gasteiger partial charge in [0.15, 0.2) is 16.6 Å². The summed E-state index contributed by atoms with van der Waals surface area (Å²) in [7, 11) is -3.87. The maximum atomic E-state index is 13.2. The second-order valence-corrected chi connectivity index (χ2v) is 10.3. The summed E-state index contributed by atoms with van der Waals surface area (Å²) < 4.78 is 31.5. The molecule has 0 radical (unpaired) electrons. The van der Waals surface area contributed by atoms with Gasteiger partial charge < -0.3 is 15.6 Å².